The van der Waals surface area contributed by atoms with Crippen LogP contribution in [0.15, 0.2) is 59.7 Å². The van der Waals surface area contributed by atoms with E-state index in [1.807, 2.05) is 24.4 Å². The second-order valence-corrected chi connectivity index (χ2v) is 7.37. The van der Waals surface area contributed by atoms with Crippen molar-refractivity contribution in [3.8, 4) is 0 Å². The van der Waals surface area contributed by atoms with Crippen molar-refractivity contribution in [2.24, 2.45) is 16.6 Å². The molecule has 3 rings (SSSR count). The number of hydrogen-bond donors (Lipinski definition) is 2. The number of nitrogens with zero attached hydrogens (tertiary/aromatic N) is 3. The van der Waals surface area contributed by atoms with E-state index < -0.39 is 0 Å². The second kappa shape index (κ2) is 12.0. The zero-order valence-electron chi connectivity index (χ0n) is 16.6. The number of guanidine groups is 1. The zero-order chi connectivity index (χ0) is 18.9. The van der Waals surface area contributed by atoms with E-state index in [-0.39, 0.29) is 30.0 Å². The van der Waals surface area contributed by atoms with E-state index in [0.29, 0.717) is 12.5 Å². The van der Waals surface area contributed by atoms with Gasteiger partial charge in [-0.3, -0.25) is 14.9 Å². The molecule has 2 heterocycles. The fourth-order valence-electron chi connectivity index (χ4n) is 3.55. The van der Waals surface area contributed by atoms with E-state index in [0.717, 1.165) is 37.7 Å². The molecule has 1 aromatic heterocycles. The van der Waals surface area contributed by atoms with Crippen LogP contribution < -0.4 is 11.1 Å². The topological polar surface area (TPSA) is 66.5 Å². The molecule has 1 atom stereocenters. The van der Waals surface area contributed by atoms with Crippen LogP contribution in [0.4, 0.5) is 0 Å². The quantitative estimate of drug-likeness (QED) is 0.352. The van der Waals surface area contributed by atoms with Crippen LogP contribution in [0, 0.1) is 5.92 Å². The third-order valence-electron chi connectivity index (χ3n) is 5.29. The Morgan fingerprint density at radius 2 is 1.89 bits per heavy atom. The molecule has 0 amide bonds. The van der Waals surface area contributed by atoms with Gasteiger partial charge in [-0.25, -0.2) is 0 Å². The lowest BCUT2D eigenvalue weighted by Gasteiger charge is -2.36. The summed E-state index contributed by atoms with van der Waals surface area (Å²) in [6.45, 7) is 6.02. The van der Waals surface area contributed by atoms with Gasteiger partial charge in [0.25, 0.3) is 0 Å². The molecule has 1 aromatic carbocycles. The fraction of sp³-hybridized carbons (Fsp3) is 0.455. The van der Waals surface area contributed by atoms with E-state index in [9.17, 15) is 0 Å². The third kappa shape index (κ3) is 7.05. The van der Waals surface area contributed by atoms with Crippen LogP contribution in [0.2, 0.25) is 0 Å². The summed E-state index contributed by atoms with van der Waals surface area (Å²) in [6.07, 6.45) is 5.16. The van der Waals surface area contributed by atoms with Gasteiger partial charge in [0.2, 0.25) is 0 Å². The zero-order valence-corrected chi connectivity index (χ0v) is 19.0. The number of rotatable bonds is 7. The van der Waals surface area contributed by atoms with Crippen molar-refractivity contribution >= 4 is 29.9 Å². The summed E-state index contributed by atoms with van der Waals surface area (Å²) >= 11 is 0. The molecule has 0 radical (unpaired) electrons. The van der Waals surface area contributed by atoms with E-state index in [1.165, 1.54) is 18.4 Å². The highest BCUT2D eigenvalue weighted by molar-refractivity contribution is 14.0. The molecule has 1 aliphatic heterocycles. The minimum atomic E-state index is 0. The Morgan fingerprint density at radius 1 is 1.18 bits per heavy atom. The van der Waals surface area contributed by atoms with Crippen LogP contribution in [-0.2, 0) is 6.42 Å². The minimum absolute atomic E-state index is 0. The average molecular weight is 493 g/mol. The molecule has 2 aromatic rings. The van der Waals surface area contributed by atoms with Crippen LogP contribution in [0.3, 0.4) is 0 Å². The maximum absolute atomic E-state index is 6.12. The fourth-order valence-corrected chi connectivity index (χ4v) is 3.55. The lowest BCUT2D eigenvalue weighted by atomic mass is 9.96. The Morgan fingerprint density at radius 3 is 2.57 bits per heavy atom. The highest BCUT2D eigenvalue weighted by Crippen LogP contribution is 2.27. The van der Waals surface area contributed by atoms with Crippen molar-refractivity contribution in [2.45, 2.75) is 32.2 Å². The molecule has 0 bridgehead atoms. The predicted molar refractivity (Wildman–Crippen MR) is 127 cm³/mol. The van der Waals surface area contributed by atoms with Gasteiger partial charge < -0.3 is 11.1 Å². The highest BCUT2D eigenvalue weighted by Gasteiger charge is 2.24. The first kappa shape index (κ1) is 22.6. The van der Waals surface area contributed by atoms with Crippen LogP contribution in [-0.4, -0.2) is 42.0 Å². The maximum Gasteiger partial charge on any atom is 0.188 e. The van der Waals surface area contributed by atoms with Crippen molar-refractivity contribution in [2.75, 3.05) is 26.2 Å². The number of pyridine rings is 1. The summed E-state index contributed by atoms with van der Waals surface area (Å²) in [5.41, 5.74) is 8.49. The number of aromatic nitrogens is 1. The lowest BCUT2D eigenvalue weighted by molar-refractivity contribution is 0.141. The number of halogens is 1. The summed E-state index contributed by atoms with van der Waals surface area (Å²) in [4.78, 5) is 11.5. The summed E-state index contributed by atoms with van der Waals surface area (Å²) in [5.74, 6) is 1.33. The highest BCUT2D eigenvalue weighted by atomic mass is 127. The van der Waals surface area contributed by atoms with Gasteiger partial charge >= 0.3 is 0 Å². The van der Waals surface area contributed by atoms with Gasteiger partial charge in [-0.05, 0) is 49.5 Å². The molecule has 6 heteroatoms. The van der Waals surface area contributed by atoms with Crippen LogP contribution in [0.25, 0.3) is 0 Å². The summed E-state index contributed by atoms with van der Waals surface area (Å²) in [7, 11) is 0. The molecule has 152 valence electrons. The molecule has 1 unspecified atom stereocenters. The summed E-state index contributed by atoms with van der Waals surface area (Å²) < 4.78 is 0. The van der Waals surface area contributed by atoms with Crippen molar-refractivity contribution in [3.63, 3.8) is 0 Å². The number of piperidine rings is 1. The Kier molecular flexibility index (Phi) is 9.70. The molecule has 5 nitrogen and oxygen atoms in total. The smallest absolute Gasteiger partial charge is 0.188 e. The third-order valence-corrected chi connectivity index (χ3v) is 5.29. The van der Waals surface area contributed by atoms with Crippen molar-refractivity contribution < 1.29 is 0 Å². The monoisotopic (exact) mass is 493 g/mol. The molecular weight excluding hydrogens is 461 g/mol. The standard InChI is InChI=1S/C22H31N5.HI/c1-18-11-15-27(16-12-18)21(19-7-3-2-4-8-19)17-26-22(23)25-14-10-20-9-5-6-13-24-20;/h2-9,13,18,21H,10-12,14-17H2,1H3,(H3,23,25,26);1H. The Bertz CT molecular complexity index is 699. The Balaban J connectivity index is 0.00000280. The van der Waals surface area contributed by atoms with Crippen molar-refractivity contribution in [3.05, 3.63) is 66.0 Å². The maximum atomic E-state index is 6.12. The summed E-state index contributed by atoms with van der Waals surface area (Å²) in [5, 5.41) is 3.22. The number of likely N-dealkylation sites (tertiary alicyclic amines) is 1. The van der Waals surface area contributed by atoms with Gasteiger partial charge in [0.1, 0.15) is 0 Å². The van der Waals surface area contributed by atoms with Gasteiger partial charge in [-0.15, -0.1) is 24.0 Å². The molecular formula is C22H32IN5. The molecule has 1 saturated heterocycles. The number of aliphatic imine (C=N–C) groups is 1. The molecule has 1 fully saturated rings. The first-order chi connectivity index (χ1) is 13.2. The minimum Gasteiger partial charge on any atom is -0.370 e. The molecule has 0 spiro atoms. The van der Waals surface area contributed by atoms with E-state index in [4.69, 9.17) is 5.73 Å². The Hall–Kier alpha value is -1.67. The van der Waals surface area contributed by atoms with Crippen molar-refractivity contribution in [1.82, 2.24) is 15.2 Å². The van der Waals surface area contributed by atoms with E-state index in [1.54, 1.807) is 0 Å². The number of nitrogens with two attached hydrogens (primary N) is 1. The molecule has 1 aliphatic rings. The predicted octanol–water partition coefficient (Wildman–Crippen LogP) is 3.62. The van der Waals surface area contributed by atoms with Gasteiger partial charge in [-0.2, -0.15) is 0 Å². The van der Waals surface area contributed by atoms with Crippen LogP contribution >= 0.6 is 24.0 Å². The number of benzene rings is 1. The van der Waals surface area contributed by atoms with Gasteiger partial charge in [0.05, 0.1) is 12.6 Å². The van der Waals surface area contributed by atoms with Crippen LogP contribution in [0.5, 0.6) is 0 Å². The largest absolute Gasteiger partial charge is 0.370 e. The Labute approximate surface area is 185 Å². The first-order valence-corrected chi connectivity index (χ1v) is 9.95. The molecule has 28 heavy (non-hydrogen) atoms. The number of nitrogens with one attached hydrogen (secondary N) is 1. The van der Waals surface area contributed by atoms with Crippen molar-refractivity contribution in [1.29, 1.82) is 0 Å². The SMILES string of the molecule is CC1CCN(C(CN=C(N)NCCc2ccccn2)c2ccccc2)CC1.I. The normalized spacial score (nSPS) is 17.0. The lowest BCUT2D eigenvalue weighted by Crippen LogP contribution is -2.39. The van der Waals surface area contributed by atoms with Gasteiger partial charge in [0.15, 0.2) is 5.96 Å². The molecule has 3 N–H and O–H groups in total. The average Bonchev–Trinajstić information content (AvgIpc) is 2.71. The van der Waals surface area contributed by atoms with E-state index in [2.05, 4.69) is 57.4 Å². The second-order valence-electron chi connectivity index (χ2n) is 7.37. The molecule has 0 saturated carbocycles. The van der Waals surface area contributed by atoms with Gasteiger partial charge in [0, 0.05) is 24.9 Å². The van der Waals surface area contributed by atoms with Crippen LogP contribution in [0.1, 0.15) is 37.1 Å². The van der Waals surface area contributed by atoms with E-state index >= 15 is 0 Å². The van der Waals surface area contributed by atoms with Gasteiger partial charge in [-0.1, -0.05) is 43.3 Å². The number of hydrogen-bond acceptors (Lipinski definition) is 3. The molecule has 0 aliphatic carbocycles. The summed E-state index contributed by atoms with van der Waals surface area (Å²) in [6, 6.07) is 16.9. The first-order valence-electron chi connectivity index (χ1n) is 9.95.